The van der Waals surface area contributed by atoms with Gasteiger partial charge in [0.15, 0.2) is 0 Å². The zero-order valence-electron chi connectivity index (χ0n) is 9.80. The fourth-order valence-electron chi connectivity index (χ4n) is 1.34. The van der Waals surface area contributed by atoms with Gasteiger partial charge in [-0.3, -0.25) is 10.1 Å². The Hall–Kier alpha value is -1.66. The van der Waals surface area contributed by atoms with Crippen LogP contribution in [0.5, 0.6) is 5.88 Å². The zero-order chi connectivity index (χ0) is 12.8. The number of hydrogen-bond acceptors (Lipinski definition) is 5. The van der Waals surface area contributed by atoms with E-state index in [-0.39, 0.29) is 6.54 Å². The summed E-state index contributed by atoms with van der Waals surface area (Å²) in [5, 5.41) is 20.3. The summed E-state index contributed by atoms with van der Waals surface area (Å²) in [6.45, 7) is 1.65. The standard InChI is InChI=1S/C11H16N2O4/c1-7-3-4-8(10(13-7)17-2)5-12-9(6-14)11(15)16/h3-4,9,12,14H,5-6H2,1-2H3,(H,15,16). The average molecular weight is 240 g/mol. The number of carbonyl (C=O) groups is 1. The van der Waals surface area contributed by atoms with Gasteiger partial charge in [0.25, 0.3) is 0 Å². The topological polar surface area (TPSA) is 91.7 Å². The smallest absolute Gasteiger partial charge is 0.323 e. The average Bonchev–Trinajstić information content (AvgIpc) is 2.31. The first-order valence-electron chi connectivity index (χ1n) is 5.16. The molecule has 6 heteroatoms. The first kappa shape index (κ1) is 13.4. The molecule has 0 aliphatic heterocycles. The van der Waals surface area contributed by atoms with Crippen LogP contribution in [0, 0.1) is 6.92 Å². The molecular formula is C11H16N2O4. The van der Waals surface area contributed by atoms with Gasteiger partial charge in [-0.2, -0.15) is 0 Å². The Labute approximate surface area is 99.3 Å². The number of carboxylic acid groups (broad SMARTS) is 1. The summed E-state index contributed by atoms with van der Waals surface area (Å²) >= 11 is 0. The van der Waals surface area contributed by atoms with Crippen molar-refractivity contribution in [3.63, 3.8) is 0 Å². The van der Waals surface area contributed by atoms with Crippen LogP contribution in [-0.4, -0.2) is 40.9 Å². The summed E-state index contributed by atoms with van der Waals surface area (Å²) in [6, 6.07) is 2.64. The van der Waals surface area contributed by atoms with E-state index in [4.69, 9.17) is 14.9 Å². The van der Waals surface area contributed by atoms with Gasteiger partial charge in [-0.1, -0.05) is 6.07 Å². The van der Waals surface area contributed by atoms with Gasteiger partial charge < -0.3 is 14.9 Å². The molecular weight excluding hydrogens is 224 g/mol. The van der Waals surface area contributed by atoms with E-state index in [1.807, 2.05) is 19.1 Å². The molecule has 0 aliphatic carbocycles. The van der Waals surface area contributed by atoms with Crippen LogP contribution >= 0.6 is 0 Å². The van der Waals surface area contributed by atoms with E-state index < -0.39 is 18.6 Å². The molecule has 0 fully saturated rings. The summed E-state index contributed by atoms with van der Waals surface area (Å²) in [7, 11) is 1.51. The number of rotatable bonds is 6. The number of aromatic nitrogens is 1. The van der Waals surface area contributed by atoms with Crippen molar-refractivity contribution in [3.05, 3.63) is 23.4 Å². The highest BCUT2D eigenvalue weighted by Gasteiger charge is 2.16. The van der Waals surface area contributed by atoms with Gasteiger partial charge in [0.1, 0.15) is 6.04 Å². The van der Waals surface area contributed by atoms with Gasteiger partial charge >= 0.3 is 5.97 Å². The number of aryl methyl sites for hydroxylation is 1. The normalized spacial score (nSPS) is 12.2. The lowest BCUT2D eigenvalue weighted by Crippen LogP contribution is -2.39. The van der Waals surface area contributed by atoms with E-state index in [9.17, 15) is 4.79 Å². The summed E-state index contributed by atoms with van der Waals surface area (Å²) in [5.74, 6) is -0.633. The molecule has 0 saturated carbocycles. The summed E-state index contributed by atoms with van der Waals surface area (Å²) < 4.78 is 5.09. The van der Waals surface area contributed by atoms with Crippen molar-refractivity contribution in [2.75, 3.05) is 13.7 Å². The predicted octanol–water partition coefficient (Wildman–Crippen LogP) is -0.0663. The Morgan fingerprint density at radius 3 is 2.82 bits per heavy atom. The maximum atomic E-state index is 10.7. The van der Waals surface area contributed by atoms with E-state index in [0.29, 0.717) is 5.88 Å². The van der Waals surface area contributed by atoms with Gasteiger partial charge in [0.05, 0.1) is 13.7 Å². The largest absolute Gasteiger partial charge is 0.481 e. The van der Waals surface area contributed by atoms with Crippen LogP contribution in [0.4, 0.5) is 0 Å². The number of aliphatic hydroxyl groups is 1. The molecule has 3 N–H and O–H groups in total. The highest BCUT2D eigenvalue weighted by molar-refractivity contribution is 5.73. The third kappa shape index (κ3) is 3.69. The number of aliphatic hydroxyl groups excluding tert-OH is 1. The lowest BCUT2D eigenvalue weighted by Gasteiger charge is -2.13. The molecule has 0 bridgehead atoms. The fourth-order valence-corrected chi connectivity index (χ4v) is 1.34. The van der Waals surface area contributed by atoms with Crippen molar-refractivity contribution in [2.24, 2.45) is 0 Å². The summed E-state index contributed by atoms with van der Waals surface area (Å²) in [6.07, 6.45) is 0. The molecule has 0 aliphatic rings. The lowest BCUT2D eigenvalue weighted by atomic mass is 10.2. The monoisotopic (exact) mass is 240 g/mol. The van der Waals surface area contributed by atoms with Crippen molar-refractivity contribution >= 4 is 5.97 Å². The molecule has 0 radical (unpaired) electrons. The fraction of sp³-hybridized carbons (Fsp3) is 0.455. The Balaban J connectivity index is 2.71. The highest BCUT2D eigenvalue weighted by Crippen LogP contribution is 2.15. The van der Waals surface area contributed by atoms with E-state index in [2.05, 4.69) is 10.3 Å². The van der Waals surface area contributed by atoms with Gasteiger partial charge in [0.2, 0.25) is 5.88 Å². The number of carboxylic acids is 1. The number of pyridine rings is 1. The molecule has 1 aromatic rings. The number of aliphatic carboxylic acids is 1. The van der Waals surface area contributed by atoms with Crippen LogP contribution in [0.15, 0.2) is 12.1 Å². The van der Waals surface area contributed by atoms with Crippen molar-refractivity contribution in [1.29, 1.82) is 0 Å². The lowest BCUT2D eigenvalue weighted by molar-refractivity contribution is -0.140. The highest BCUT2D eigenvalue weighted by atomic mass is 16.5. The van der Waals surface area contributed by atoms with E-state index >= 15 is 0 Å². The van der Waals surface area contributed by atoms with Crippen LogP contribution in [0.1, 0.15) is 11.3 Å². The molecule has 1 aromatic heterocycles. The Bertz CT molecular complexity index is 395. The Kier molecular flexibility index (Phi) is 4.86. The third-order valence-electron chi connectivity index (χ3n) is 2.29. The third-order valence-corrected chi connectivity index (χ3v) is 2.29. The maximum Gasteiger partial charge on any atom is 0.323 e. The minimum Gasteiger partial charge on any atom is -0.481 e. The molecule has 6 nitrogen and oxygen atoms in total. The molecule has 1 unspecified atom stereocenters. The molecule has 0 amide bonds. The summed E-state index contributed by atoms with van der Waals surface area (Å²) in [5.41, 5.74) is 1.57. The van der Waals surface area contributed by atoms with E-state index in [1.54, 1.807) is 0 Å². The second kappa shape index (κ2) is 6.17. The number of methoxy groups -OCH3 is 1. The molecule has 17 heavy (non-hydrogen) atoms. The van der Waals surface area contributed by atoms with Gasteiger partial charge in [0, 0.05) is 17.8 Å². The SMILES string of the molecule is COc1nc(C)ccc1CNC(CO)C(=O)O. The van der Waals surface area contributed by atoms with Crippen LogP contribution in [0.3, 0.4) is 0 Å². The van der Waals surface area contributed by atoms with Crippen molar-refractivity contribution in [2.45, 2.75) is 19.5 Å². The molecule has 1 heterocycles. The number of nitrogens with zero attached hydrogens (tertiary/aromatic N) is 1. The number of hydrogen-bond donors (Lipinski definition) is 3. The van der Waals surface area contributed by atoms with Gasteiger partial charge in [-0.15, -0.1) is 0 Å². The van der Waals surface area contributed by atoms with E-state index in [1.165, 1.54) is 7.11 Å². The first-order valence-corrected chi connectivity index (χ1v) is 5.16. The van der Waals surface area contributed by atoms with E-state index in [0.717, 1.165) is 11.3 Å². The van der Waals surface area contributed by atoms with Crippen molar-refractivity contribution in [3.8, 4) is 5.88 Å². The van der Waals surface area contributed by atoms with Crippen LogP contribution in [0.2, 0.25) is 0 Å². The molecule has 94 valence electrons. The Morgan fingerprint density at radius 1 is 1.59 bits per heavy atom. The molecule has 1 rings (SSSR count). The first-order chi connectivity index (χ1) is 8.08. The minimum atomic E-state index is -1.09. The Morgan fingerprint density at radius 2 is 2.29 bits per heavy atom. The second-order valence-corrected chi connectivity index (χ2v) is 3.58. The molecule has 0 spiro atoms. The zero-order valence-corrected chi connectivity index (χ0v) is 9.80. The van der Waals surface area contributed by atoms with Crippen molar-refractivity contribution in [1.82, 2.24) is 10.3 Å². The van der Waals surface area contributed by atoms with Gasteiger partial charge in [-0.05, 0) is 13.0 Å². The molecule has 0 saturated heterocycles. The minimum absolute atomic E-state index is 0.272. The number of ether oxygens (including phenoxy) is 1. The second-order valence-electron chi connectivity index (χ2n) is 3.58. The predicted molar refractivity (Wildman–Crippen MR) is 60.9 cm³/mol. The molecule has 1 atom stereocenters. The summed E-state index contributed by atoms with van der Waals surface area (Å²) in [4.78, 5) is 14.9. The quantitative estimate of drug-likeness (QED) is 0.645. The number of nitrogens with one attached hydrogen (secondary N) is 1. The van der Waals surface area contributed by atoms with Crippen LogP contribution in [-0.2, 0) is 11.3 Å². The van der Waals surface area contributed by atoms with Crippen LogP contribution < -0.4 is 10.1 Å². The van der Waals surface area contributed by atoms with Crippen molar-refractivity contribution < 1.29 is 19.7 Å². The molecule has 0 aromatic carbocycles. The van der Waals surface area contributed by atoms with Crippen LogP contribution in [0.25, 0.3) is 0 Å². The van der Waals surface area contributed by atoms with Gasteiger partial charge in [-0.25, -0.2) is 4.98 Å². The maximum absolute atomic E-state index is 10.7.